The molecule has 0 radical (unpaired) electrons. The highest BCUT2D eigenvalue weighted by atomic mass is 32.1. The summed E-state index contributed by atoms with van der Waals surface area (Å²) < 4.78 is 2.32. The number of hydrogen-bond acceptors (Lipinski definition) is 4. The molecule has 1 fully saturated rings. The standard InChI is InChI=1S/C17H20N4O2S/c1-10-8-14(22)6-7-15(10)16(23)18-12-4-3-5-13(9-12)21-11(2)19-20-17(21)24/h3-5,9-10,15H,6-8H2,1-2H3,(H,18,23)(H,20,24)/t10-,15-/m0/s1. The van der Waals surface area contributed by atoms with Crippen LogP contribution in [0.2, 0.25) is 0 Å². The highest BCUT2D eigenvalue weighted by Crippen LogP contribution is 2.29. The number of carbonyl (C=O) groups excluding carboxylic acids is 2. The molecule has 1 aromatic carbocycles. The fourth-order valence-electron chi connectivity index (χ4n) is 3.23. The van der Waals surface area contributed by atoms with Crippen molar-refractivity contribution in [3.63, 3.8) is 0 Å². The van der Waals surface area contributed by atoms with Crippen LogP contribution in [0, 0.1) is 23.5 Å². The fourth-order valence-corrected chi connectivity index (χ4v) is 3.51. The number of H-pyrrole nitrogens is 1. The Morgan fingerprint density at radius 2 is 2.25 bits per heavy atom. The Kier molecular flexibility index (Phi) is 4.62. The number of aryl methyl sites for hydroxylation is 1. The van der Waals surface area contributed by atoms with Crippen molar-refractivity contribution in [2.45, 2.75) is 33.1 Å². The summed E-state index contributed by atoms with van der Waals surface area (Å²) >= 11 is 5.24. The quantitative estimate of drug-likeness (QED) is 0.838. The fraction of sp³-hybridized carbons (Fsp3) is 0.412. The molecule has 24 heavy (non-hydrogen) atoms. The minimum atomic E-state index is -0.121. The van der Waals surface area contributed by atoms with Crippen LogP contribution in [0.1, 0.15) is 32.0 Å². The van der Waals surface area contributed by atoms with Crippen LogP contribution in [0.25, 0.3) is 5.69 Å². The molecule has 0 unspecified atom stereocenters. The number of hydrogen-bond donors (Lipinski definition) is 2. The van der Waals surface area contributed by atoms with E-state index in [-0.39, 0.29) is 23.5 Å². The summed E-state index contributed by atoms with van der Waals surface area (Å²) in [4.78, 5) is 24.0. The van der Waals surface area contributed by atoms with Crippen molar-refractivity contribution in [2.24, 2.45) is 11.8 Å². The van der Waals surface area contributed by atoms with Gasteiger partial charge in [0.2, 0.25) is 5.91 Å². The Morgan fingerprint density at radius 1 is 1.46 bits per heavy atom. The van der Waals surface area contributed by atoms with E-state index in [4.69, 9.17) is 12.2 Å². The molecule has 0 aliphatic heterocycles. The molecule has 0 bridgehead atoms. The summed E-state index contributed by atoms with van der Waals surface area (Å²) in [5.41, 5.74) is 1.56. The predicted molar refractivity (Wildman–Crippen MR) is 93.6 cm³/mol. The van der Waals surface area contributed by atoms with Gasteiger partial charge in [-0.2, -0.15) is 5.10 Å². The van der Waals surface area contributed by atoms with Gasteiger partial charge in [0.15, 0.2) is 4.77 Å². The second-order valence-electron chi connectivity index (χ2n) is 6.32. The third kappa shape index (κ3) is 3.31. The van der Waals surface area contributed by atoms with Gasteiger partial charge in [-0.3, -0.25) is 19.3 Å². The molecule has 1 heterocycles. The number of ketones is 1. The third-order valence-corrected chi connectivity index (χ3v) is 4.79. The van der Waals surface area contributed by atoms with Crippen molar-refractivity contribution >= 4 is 29.6 Å². The molecule has 2 atom stereocenters. The van der Waals surface area contributed by atoms with Gasteiger partial charge in [-0.25, -0.2) is 0 Å². The lowest BCUT2D eigenvalue weighted by atomic mass is 9.79. The molecule has 2 N–H and O–H groups in total. The second kappa shape index (κ2) is 6.68. The number of aromatic amines is 1. The topological polar surface area (TPSA) is 79.8 Å². The van der Waals surface area contributed by atoms with Gasteiger partial charge in [0.05, 0.1) is 5.69 Å². The number of aromatic nitrogens is 3. The highest BCUT2D eigenvalue weighted by molar-refractivity contribution is 7.71. The largest absolute Gasteiger partial charge is 0.326 e. The lowest BCUT2D eigenvalue weighted by molar-refractivity contribution is -0.127. The lowest BCUT2D eigenvalue weighted by Crippen LogP contribution is -2.33. The molecule has 1 amide bonds. The molecule has 1 saturated carbocycles. The number of carbonyl (C=O) groups is 2. The first-order valence-corrected chi connectivity index (χ1v) is 8.43. The van der Waals surface area contributed by atoms with Gasteiger partial charge in [0.1, 0.15) is 11.6 Å². The molecule has 1 aliphatic rings. The normalized spacial score (nSPS) is 20.8. The van der Waals surface area contributed by atoms with E-state index in [0.29, 0.717) is 29.7 Å². The number of nitrogens with one attached hydrogen (secondary N) is 2. The van der Waals surface area contributed by atoms with Gasteiger partial charge < -0.3 is 5.32 Å². The van der Waals surface area contributed by atoms with Crippen molar-refractivity contribution < 1.29 is 9.59 Å². The monoisotopic (exact) mass is 344 g/mol. The van der Waals surface area contributed by atoms with Crippen molar-refractivity contribution in [1.82, 2.24) is 14.8 Å². The van der Waals surface area contributed by atoms with E-state index >= 15 is 0 Å². The van der Waals surface area contributed by atoms with E-state index in [1.54, 1.807) is 0 Å². The van der Waals surface area contributed by atoms with E-state index in [2.05, 4.69) is 15.5 Å². The summed E-state index contributed by atoms with van der Waals surface area (Å²) in [6.45, 7) is 3.82. The van der Waals surface area contributed by atoms with Gasteiger partial charge in [-0.05, 0) is 49.7 Å². The first-order valence-electron chi connectivity index (χ1n) is 8.02. The van der Waals surface area contributed by atoms with Crippen molar-refractivity contribution in [3.05, 3.63) is 34.9 Å². The Morgan fingerprint density at radius 3 is 2.92 bits per heavy atom. The lowest BCUT2D eigenvalue weighted by Gasteiger charge is -2.26. The van der Waals surface area contributed by atoms with Gasteiger partial charge in [-0.15, -0.1) is 0 Å². The van der Waals surface area contributed by atoms with Crippen LogP contribution < -0.4 is 5.32 Å². The van der Waals surface area contributed by atoms with Crippen LogP contribution in [0.5, 0.6) is 0 Å². The number of anilines is 1. The number of benzene rings is 1. The van der Waals surface area contributed by atoms with Gasteiger partial charge >= 0.3 is 0 Å². The molecular weight excluding hydrogens is 324 g/mol. The molecule has 6 nitrogen and oxygen atoms in total. The van der Waals surface area contributed by atoms with Crippen LogP contribution in [0.4, 0.5) is 5.69 Å². The predicted octanol–water partition coefficient (Wildman–Crippen LogP) is 3.18. The Balaban J connectivity index is 1.79. The summed E-state index contributed by atoms with van der Waals surface area (Å²) in [5.74, 6) is 0.935. The minimum absolute atomic E-state index is 0.0281. The number of Topliss-reactive ketones (excluding diaryl/α,β-unsaturated/α-hetero) is 1. The SMILES string of the molecule is Cc1n[nH]c(=S)n1-c1cccc(NC(=O)[C@H]2CCC(=O)C[C@@H]2C)c1. The molecule has 126 valence electrons. The zero-order chi connectivity index (χ0) is 17.3. The van der Waals surface area contributed by atoms with Crippen LogP contribution in [0.15, 0.2) is 24.3 Å². The third-order valence-electron chi connectivity index (χ3n) is 4.52. The summed E-state index contributed by atoms with van der Waals surface area (Å²) in [6.07, 6.45) is 1.60. The van der Waals surface area contributed by atoms with Crippen molar-refractivity contribution in [3.8, 4) is 5.69 Å². The minimum Gasteiger partial charge on any atom is -0.326 e. The van der Waals surface area contributed by atoms with E-state index in [9.17, 15) is 9.59 Å². The Hall–Kier alpha value is -2.28. The van der Waals surface area contributed by atoms with Gasteiger partial charge in [0, 0.05) is 24.4 Å². The first-order chi connectivity index (χ1) is 11.5. The molecule has 7 heteroatoms. The zero-order valence-electron chi connectivity index (χ0n) is 13.7. The molecule has 1 aromatic heterocycles. The maximum Gasteiger partial charge on any atom is 0.227 e. The van der Waals surface area contributed by atoms with Gasteiger partial charge in [-0.1, -0.05) is 13.0 Å². The highest BCUT2D eigenvalue weighted by Gasteiger charge is 2.31. The summed E-state index contributed by atoms with van der Waals surface area (Å²) in [7, 11) is 0. The number of nitrogens with zero attached hydrogens (tertiary/aromatic N) is 2. The molecule has 0 spiro atoms. The maximum absolute atomic E-state index is 12.5. The van der Waals surface area contributed by atoms with E-state index in [1.807, 2.05) is 42.7 Å². The molecule has 1 aliphatic carbocycles. The van der Waals surface area contributed by atoms with E-state index in [1.165, 1.54) is 0 Å². The molecule has 0 saturated heterocycles. The van der Waals surface area contributed by atoms with Gasteiger partial charge in [0.25, 0.3) is 0 Å². The van der Waals surface area contributed by atoms with Crippen LogP contribution in [0.3, 0.4) is 0 Å². The van der Waals surface area contributed by atoms with E-state index < -0.39 is 0 Å². The average molecular weight is 344 g/mol. The molecule has 2 aromatic rings. The van der Waals surface area contributed by atoms with Crippen LogP contribution in [-0.2, 0) is 9.59 Å². The molecular formula is C17H20N4O2S. The average Bonchev–Trinajstić information content (AvgIpc) is 2.86. The zero-order valence-corrected chi connectivity index (χ0v) is 14.5. The smallest absolute Gasteiger partial charge is 0.227 e. The number of rotatable bonds is 3. The van der Waals surface area contributed by atoms with Crippen LogP contribution in [-0.4, -0.2) is 26.5 Å². The van der Waals surface area contributed by atoms with Crippen molar-refractivity contribution in [1.29, 1.82) is 0 Å². The summed E-state index contributed by atoms with van der Waals surface area (Å²) in [5, 5.41) is 9.82. The maximum atomic E-state index is 12.5. The number of amides is 1. The Bertz CT molecular complexity index is 839. The van der Waals surface area contributed by atoms with E-state index in [0.717, 1.165) is 11.5 Å². The summed E-state index contributed by atoms with van der Waals surface area (Å²) in [6, 6.07) is 7.50. The Labute approximate surface area is 145 Å². The second-order valence-corrected chi connectivity index (χ2v) is 6.70. The van der Waals surface area contributed by atoms with Crippen molar-refractivity contribution in [2.75, 3.05) is 5.32 Å². The molecule has 3 rings (SSSR count). The van der Waals surface area contributed by atoms with Crippen LogP contribution >= 0.6 is 12.2 Å². The first kappa shape index (κ1) is 16.6.